The molecule has 0 saturated heterocycles. The smallest absolute Gasteiger partial charge is 0.311 e. The van der Waals surface area contributed by atoms with Crippen molar-refractivity contribution in [3.8, 4) is 0 Å². The molecule has 2 N–H and O–H groups in total. The first-order chi connectivity index (χ1) is 11.2. The Kier molecular flexibility index (Phi) is 5.12. The largest absolute Gasteiger partial charge is 0.481 e. The fraction of sp³-hybridized carbons (Fsp3) is 0.368. The molecule has 0 spiro atoms. The van der Waals surface area contributed by atoms with Gasteiger partial charge in [-0.15, -0.1) is 0 Å². The Morgan fingerprint density at radius 3 is 2.38 bits per heavy atom. The summed E-state index contributed by atoms with van der Waals surface area (Å²) in [5, 5.41) is 11.9. The van der Waals surface area contributed by atoms with Gasteiger partial charge in [-0.05, 0) is 38.3 Å². The first-order valence-electron chi connectivity index (χ1n) is 7.95. The minimum atomic E-state index is -1.03. The molecule has 24 heavy (non-hydrogen) atoms. The van der Waals surface area contributed by atoms with Crippen LogP contribution in [0.25, 0.3) is 0 Å². The summed E-state index contributed by atoms with van der Waals surface area (Å²) in [7, 11) is 0. The number of hydrogen-bond acceptors (Lipinski definition) is 3. The molecule has 0 unspecified atom stereocenters. The highest BCUT2D eigenvalue weighted by atomic mass is 16.4. The first-order valence-corrected chi connectivity index (χ1v) is 7.95. The summed E-state index contributed by atoms with van der Waals surface area (Å²) in [5.41, 5.74) is 2.55. The van der Waals surface area contributed by atoms with Crippen molar-refractivity contribution in [2.45, 2.75) is 46.1 Å². The van der Waals surface area contributed by atoms with Crippen molar-refractivity contribution in [3.05, 3.63) is 58.5 Å². The molecule has 0 aliphatic carbocycles. The van der Waals surface area contributed by atoms with E-state index in [1.54, 1.807) is 6.92 Å². The fourth-order valence-electron chi connectivity index (χ4n) is 2.65. The van der Waals surface area contributed by atoms with Crippen molar-refractivity contribution in [1.82, 2.24) is 5.32 Å². The number of furan rings is 1. The molecule has 2 aromatic rings. The molecule has 0 radical (unpaired) electrons. The van der Waals surface area contributed by atoms with E-state index in [0.717, 1.165) is 12.0 Å². The molecule has 128 valence electrons. The van der Waals surface area contributed by atoms with E-state index in [1.165, 1.54) is 11.8 Å². The highest BCUT2D eigenvalue weighted by molar-refractivity contribution is 5.97. The molecule has 0 atom stereocenters. The SMILES string of the molecule is CCc1ccc(C(C)(C)NC(=O)c2c(C)coc2CC(=O)O)cc1. The standard InChI is InChI=1S/C19H23NO4/c1-5-13-6-8-14(9-7-13)19(3,4)20-18(23)17-12(2)11-24-15(17)10-16(21)22/h6-9,11H,5,10H2,1-4H3,(H,20,23)(H,21,22). The first kappa shape index (κ1) is 17.8. The second-order valence-corrected chi connectivity index (χ2v) is 6.42. The Morgan fingerprint density at radius 2 is 1.83 bits per heavy atom. The maximum Gasteiger partial charge on any atom is 0.311 e. The Labute approximate surface area is 141 Å². The number of hydrogen-bond donors (Lipinski definition) is 2. The number of aliphatic carboxylic acids is 1. The van der Waals surface area contributed by atoms with E-state index in [4.69, 9.17) is 9.52 Å². The zero-order valence-corrected chi connectivity index (χ0v) is 14.5. The van der Waals surface area contributed by atoms with Gasteiger partial charge in [-0.3, -0.25) is 9.59 Å². The predicted octanol–water partition coefficient (Wildman–Crippen LogP) is 3.44. The van der Waals surface area contributed by atoms with Gasteiger partial charge < -0.3 is 14.8 Å². The number of rotatable bonds is 6. The average molecular weight is 329 g/mol. The van der Waals surface area contributed by atoms with E-state index in [-0.39, 0.29) is 18.1 Å². The molecule has 5 heteroatoms. The van der Waals surface area contributed by atoms with Gasteiger partial charge in [0.15, 0.2) is 0 Å². The summed E-state index contributed by atoms with van der Waals surface area (Å²) < 4.78 is 5.24. The van der Waals surface area contributed by atoms with E-state index in [2.05, 4.69) is 12.2 Å². The fourth-order valence-corrected chi connectivity index (χ4v) is 2.65. The Hall–Kier alpha value is -2.56. The zero-order chi connectivity index (χ0) is 17.9. The lowest BCUT2D eigenvalue weighted by Crippen LogP contribution is -2.41. The van der Waals surface area contributed by atoms with Crippen LogP contribution in [0, 0.1) is 6.92 Å². The quantitative estimate of drug-likeness (QED) is 0.851. The summed E-state index contributed by atoms with van der Waals surface area (Å²) >= 11 is 0. The minimum absolute atomic E-state index is 0.176. The van der Waals surface area contributed by atoms with Crippen molar-refractivity contribution in [1.29, 1.82) is 0 Å². The number of carbonyl (C=O) groups is 2. The number of carboxylic acids is 1. The van der Waals surface area contributed by atoms with Crippen LogP contribution in [0.15, 0.2) is 34.9 Å². The Bertz CT molecular complexity index is 741. The number of amides is 1. The molecule has 1 heterocycles. The van der Waals surface area contributed by atoms with Gasteiger partial charge in [0.05, 0.1) is 17.4 Å². The molecule has 5 nitrogen and oxygen atoms in total. The van der Waals surface area contributed by atoms with Crippen LogP contribution in [0.1, 0.15) is 53.6 Å². The van der Waals surface area contributed by atoms with Gasteiger partial charge in [0.1, 0.15) is 12.2 Å². The summed E-state index contributed by atoms with van der Waals surface area (Å²) in [4.78, 5) is 23.6. The van der Waals surface area contributed by atoms with Crippen molar-refractivity contribution in [3.63, 3.8) is 0 Å². The van der Waals surface area contributed by atoms with Gasteiger partial charge in [-0.1, -0.05) is 31.2 Å². The lowest BCUT2D eigenvalue weighted by Gasteiger charge is -2.27. The zero-order valence-electron chi connectivity index (χ0n) is 14.5. The number of carbonyl (C=O) groups excluding carboxylic acids is 1. The summed E-state index contributed by atoms with van der Waals surface area (Å²) in [6, 6.07) is 8.09. The lowest BCUT2D eigenvalue weighted by atomic mass is 9.92. The maximum absolute atomic E-state index is 12.7. The third-order valence-corrected chi connectivity index (χ3v) is 4.10. The third-order valence-electron chi connectivity index (χ3n) is 4.10. The third kappa shape index (κ3) is 3.85. The minimum Gasteiger partial charge on any atom is -0.481 e. The highest BCUT2D eigenvalue weighted by Gasteiger charge is 2.27. The number of carboxylic acid groups (broad SMARTS) is 1. The number of nitrogens with one attached hydrogen (secondary N) is 1. The van der Waals surface area contributed by atoms with Crippen LogP contribution in [-0.4, -0.2) is 17.0 Å². The van der Waals surface area contributed by atoms with E-state index in [0.29, 0.717) is 11.1 Å². The summed E-state index contributed by atoms with van der Waals surface area (Å²) in [6.07, 6.45) is 2.05. The van der Waals surface area contributed by atoms with Crippen LogP contribution in [0.5, 0.6) is 0 Å². The Morgan fingerprint density at radius 1 is 1.21 bits per heavy atom. The molecule has 1 aromatic heterocycles. The van der Waals surface area contributed by atoms with Gasteiger partial charge in [0.25, 0.3) is 5.91 Å². The number of aryl methyl sites for hydroxylation is 2. The van der Waals surface area contributed by atoms with Crippen molar-refractivity contribution in [2.24, 2.45) is 0 Å². The molecular weight excluding hydrogens is 306 g/mol. The summed E-state index contributed by atoms with van der Waals surface area (Å²) in [5.74, 6) is -1.19. The highest BCUT2D eigenvalue weighted by Crippen LogP contribution is 2.24. The van der Waals surface area contributed by atoms with Crippen LogP contribution in [0.3, 0.4) is 0 Å². The molecule has 0 aliphatic rings. The predicted molar refractivity (Wildman–Crippen MR) is 91.1 cm³/mol. The van der Waals surface area contributed by atoms with Crippen LogP contribution in [0.2, 0.25) is 0 Å². The van der Waals surface area contributed by atoms with Crippen LogP contribution >= 0.6 is 0 Å². The van der Waals surface area contributed by atoms with Crippen molar-refractivity contribution >= 4 is 11.9 Å². The monoisotopic (exact) mass is 329 g/mol. The van der Waals surface area contributed by atoms with E-state index in [9.17, 15) is 9.59 Å². The van der Waals surface area contributed by atoms with Crippen molar-refractivity contribution < 1.29 is 19.1 Å². The molecule has 2 rings (SSSR count). The second kappa shape index (κ2) is 6.91. The summed E-state index contributed by atoms with van der Waals surface area (Å²) in [6.45, 7) is 7.65. The van der Waals surface area contributed by atoms with Crippen LogP contribution in [-0.2, 0) is 23.2 Å². The van der Waals surface area contributed by atoms with Crippen molar-refractivity contribution in [2.75, 3.05) is 0 Å². The number of benzene rings is 1. The topological polar surface area (TPSA) is 79.5 Å². The lowest BCUT2D eigenvalue weighted by molar-refractivity contribution is -0.136. The van der Waals surface area contributed by atoms with Gasteiger partial charge >= 0.3 is 5.97 Å². The molecule has 0 fully saturated rings. The molecule has 0 aliphatic heterocycles. The van der Waals surface area contributed by atoms with E-state index >= 15 is 0 Å². The van der Waals surface area contributed by atoms with E-state index < -0.39 is 11.5 Å². The molecule has 1 amide bonds. The average Bonchev–Trinajstić information content (AvgIpc) is 2.86. The van der Waals surface area contributed by atoms with Gasteiger partial charge in [-0.25, -0.2) is 0 Å². The Balaban J connectivity index is 2.24. The molecule has 1 aromatic carbocycles. The van der Waals surface area contributed by atoms with E-state index in [1.807, 2.05) is 38.1 Å². The molecular formula is C19H23NO4. The van der Waals surface area contributed by atoms with Crippen LogP contribution in [0.4, 0.5) is 0 Å². The molecule has 0 saturated carbocycles. The van der Waals surface area contributed by atoms with Gasteiger partial charge in [0.2, 0.25) is 0 Å². The van der Waals surface area contributed by atoms with Crippen LogP contribution < -0.4 is 5.32 Å². The maximum atomic E-state index is 12.7. The van der Waals surface area contributed by atoms with Gasteiger partial charge in [0, 0.05) is 5.56 Å². The van der Waals surface area contributed by atoms with Gasteiger partial charge in [-0.2, -0.15) is 0 Å². The normalized spacial score (nSPS) is 11.3. The molecule has 0 bridgehead atoms. The second-order valence-electron chi connectivity index (χ2n) is 6.42.